The Balaban J connectivity index is 1.90. The van der Waals surface area contributed by atoms with E-state index >= 15 is 0 Å². The van der Waals surface area contributed by atoms with Crippen LogP contribution in [0.15, 0.2) is 30.3 Å². The monoisotopic (exact) mass is 360 g/mol. The Bertz CT molecular complexity index is 686. The number of hydrogen-bond donors (Lipinski definition) is 1. The highest BCUT2D eigenvalue weighted by molar-refractivity contribution is 5.91. The number of nitrogens with zero attached hydrogens (tertiary/aromatic N) is 1. The molecule has 1 atom stereocenters. The van der Waals surface area contributed by atoms with Crippen LogP contribution in [0.1, 0.15) is 31.7 Å². The molecule has 140 valence electrons. The molecule has 2 amide bonds. The van der Waals surface area contributed by atoms with E-state index in [4.69, 9.17) is 15.2 Å². The number of benzene rings is 1. The molecule has 1 aliphatic rings. The van der Waals surface area contributed by atoms with E-state index in [1.807, 2.05) is 25.1 Å². The summed E-state index contributed by atoms with van der Waals surface area (Å²) in [5, 5.41) is 0. The lowest BCUT2D eigenvalue weighted by Crippen LogP contribution is -2.51. The van der Waals surface area contributed by atoms with Gasteiger partial charge in [-0.05, 0) is 38.3 Å². The average Bonchev–Trinajstić information content (AvgIpc) is 2.65. The molecular weight excluding hydrogens is 336 g/mol. The summed E-state index contributed by atoms with van der Waals surface area (Å²) in [5.41, 5.74) is 6.08. The SMILES string of the molecule is CCOc1ccccc1/C=C/C(=O)OCC(=O)N1CCCC[C@@H]1C(N)=O. The fraction of sp³-hybridized carbons (Fsp3) is 0.421. The van der Waals surface area contributed by atoms with Gasteiger partial charge in [0.25, 0.3) is 5.91 Å². The van der Waals surface area contributed by atoms with Gasteiger partial charge in [-0.3, -0.25) is 9.59 Å². The van der Waals surface area contributed by atoms with Crippen LogP contribution in [0, 0.1) is 0 Å². The van der Waals surface area contributed by atoms with Crippen LogP contribution in [-0.2, 0) is 19.1 Å². The fourth-order valence-electron chi connectivity index (χ4n) is 2.85. The number of carbonyl (C=O) groups is 3. The first-order chi connectivity index (χ1) is 12.5. The molecule has 0 saturated carbocycles. The van der Waals surface area contributed by atoms with E-state index in [0.717, 1.165) is 18.4 Å². The minimum Gasteiger partial charge on any atom is -0.493 e. The van der Waals surface area contributed by atoms with E-state index in [1.54, 1.807) is 12.1 Å². The van der Waals surface area contributed by atoms with Crippen molar-refractivity contribution in [2.24, 2.45) is 5.73 Å². The number of piperidine rings is 1. The second-order valence-electron chi connectivity index (χ2n) is 5.91. The van der Waals surface area contributed by atoms with Crippen LogP contribution in [0.5, 0.6) is 5.75 Å². The highest BCUT2D eigenvalue weighted by atomic mass is 16.5. The lowest BCUT2D eigenvalue weighted by molar-refractivity contribution is -0.151. The first-order valence-electron chi connectivity index (χ1n) is 8.68. The molecule has 0 unspecified atom stereocenters. The maximum Gasteiger partial charge on any atom is 0.331 e. The van der Waals surface area contributed by atoms with Gasteiger partial charge < -0.3 is 20.1 Å². The quantitative estimate of drug-likeness (QED) is 0.587. The molecule has 26 heavy (non-hydrogen) atoms. The van der Waals surface area contributed by atoms with Crippen LogP contribution in [-0.4, -0.2) is 48.5 Å². The van der Waals surface area contributed by atoms with Crippen LogP contribution >= 0.6 is 0 Å². The molecule has 2 rings (SSSR count). The number of likely N-dealkylation sites (tertiary alicyclic amines) is 1. The second-order valence-corrected chi connectivity index (χ2v) is 5.91. The van der Waals surface area contributed by atoms with Crippen LogP contribution in [0.2, 0.25) is 0 Å². The fourth-order valence-corrected chi connectivity index (χ4v) is 2.85. The molecular formula is C19H24N2O5. The van der Waals surface area contributed by atoms with Gasteiger partial charge in [-0.1, -0.05) is 18.2 Å². The summed E-state index contributed by atoms with van der Waals surface area (Å²) in [6.45, 7) is 2.42. The number of nitrogens with two attached hydrogens (primary N) is 1. The smallest absolute Gasteiger partial charge is 0.331 e. The van der Waals surface area contributed by atoms with Crippen molar-refractivity contribution < 1.29 is 23.9 Å². The van der Waals surface area contributed by atoms with Crippen LogP contribution in [0.25, 0.3) is 6.08 Å². The number of rotatable bonds is 7. The predicted octanol–water partition coefficient (Wildman–Crippen LogP) is 1.51. The third-order valence-electron chi connectivity index (χ3n) is 4.11. The Morgan fingerprint density at radius 1 is 1.27 bits per heavy atom. The lowest BCUT2D eigenvalue weighted by Gasteiger charge is -2.33. The zero-order valence-corrected chi connectivity index (χ0v) is 14.8. The van der Waals surface area contributed by atoms with Crippen molar-refractivity contribution in [2.45, 2.75) is 32.2 Å². The van der Waals surface area contributed by atoms with E-state index in [0.29, 0.717) is 25.3 Å². The number of para-hydroxylation sites is 1. The molecule has 1 aromatic carbocycles. The molecule has 1 fully saturated rings. The van der Waals surface area contributed by atoms with Crippen molar-refractivity contribution in [1.82, 2.24) is 4.90 Å². The van der Waals surface area contributed by atoms with Gasteiger partial charge in [0.1, 0.15) is 11.8 Å². The van der Waals surface area contributed by atoms with Crippen molar-refractivity contribution in [3.8, 4) is 5.75 Å². The third kappa shape index (κ3) is 5.34. The van der Waals surface area contributed by atoms with Gasteiger partial charge in [0, 0.05) is 18.2 Å². The predicted molar refractivity (Wildman–Crippen MR) is 96.2 cm³/mol. The van der Waals surface area contributed by atoms with E-state index in [-0.39, 0.29) is 0 Å². The summed E-state index contributed by atoms with van der Waals surface area (Å²) in [6, 6.07) is 6.66. The number of ether oxygens (including phenoxy) is 2. The Labute approximate surface area is 152 Å². The maximum atomic E-state index is 12.2. The summed E-state index contributed by atoms with van der Waals surface area (Å²) in [4.78, 5) is 36.9. The highest BCUT2D eigenvalue weighted by Gasteiger charge is 2.30. The number of hydrogen-bond acceptors (Lipinski definition) is 5. The summed E-state index contributed by atoms with van der Waals surface area (Å²) in [6.07, 6.45) is 5.01. The maximum absolute atomic E-state index is 12.2. The topological polar surface area (TPSA) is 98.9 Å². The number of amides is 2. The molecule has 0 aliphatic carbocycles. The largest absolute Gasteiger partial charge is 0.493 e. The third-order valence-corrected chi connectivity index (χ3v) is 4.11. The van der Waals surface area contributed by atoms with E-state index < -0.39 is 30.4 Å². The zero-order chi connectivity index (χ0) is 18.9. The molecule has 0 radical (unpaired) electrons. The van der Waals surface area contributed by atoms with Gasteiger partial charge in [-0.2, -0.15) is 0 Å². The standard InChI is InChI=1S/C19H24N2O5/c1-2-25-16-9-4-3-7-14(16)10-11-18(23)26-13-17(22)21-12-6-5-8-15(21)19(20)24/h3-4,7,9-11,15H,2,5-6,8,12-13H2,1H3,(H2,20,24)/b11-10+/t15-/m1/s1. The van der Waals surface area contributed by atoms with Gasteiger partial charge in [0.15, 0.2) is 6.61 Å². The summed E-state index contributed by atoms with van der Waals surface area (Å²) >= 11 is 0. The Morgan fingerprint density at radius 2 is 2.04 bits per heavy atom. The lowest BCUT2D eigenvalue weighted by atomic mass is 10.0. The van der Waals surface area contributed by atoms with Gasteiger partial charge in [-0.25, -0.2) is 4.79 Å². The molecule has 7 heteroatoms. The normalized spacial score (nSPS) is 17.1. The minimum atomic E-state index is -0.641. The molecule has 0 aromatic heterocycles. The van der Waals surface area contributed by atoms with Gasteiger partial charge in [0.05, 0.1) is 6.61 Å². The summed E-state index contributed by atoms with van der Waals surface area (Å²) in [5.74, 6) is -0.924. The Kier molecular flexibility index (Phi) is 7.20. The van der Waals surface area contributed by atoms with Crippen LogP contribution < -0.4 is 10.5 Å². The van der Waals surface area contributed by atoms with Gasteiger partial charge in [0.2, 0.25) is 5.91 Å². The Hall–Kier alpha value is -2.83. The van der Waals surface area contributed by atoms with Crippen molar-refractivity contribution >= 4 is 23.9 Å². The van der Waals surface area contributed by atoms with Gasteiger partial charge in [-0.15, -0.1) is 0 Å². The number of primary amides is 1. The minimum absolute atomic E-state index is 0.412. The van der Waals surface area contributed by atoms with Crippen LogP contribution in [0.4, 0.5) is 0 Å². The molecule has 1 heterocycles. The van der Waals surface area contributed by atoms with E-state index in [9.17, 15) is 14.4 Å². The Morgan fingerprint density at radius 3 is 2.77 bits per heavy atom. The molecule has 7 nitrogen and oxygen atoms in total. The first-order valence-corrected chi connectivity index (χ1v) is 8.68. The van der Waals surface area contributed by atoms with Gasteiger partial charge >= 0.3 is 5.97 Å². The van der Waals surface area contributed by atoms with Crippen LogP contribution in [0.3, 0.4) is 0 Å². The molecule has 0 bridgehead atoms. The molecule has 2 N–H and O–H groups in total. The van der Waals surface area contributed by atoms with Crippen molar-refractivity contribution in [3.05, 3.63) is 35.9 Å². The molecule has 1 aliphatic heterocycles. The van der Waals surface area contributed by atoms with Crippen molar-refractivity contribution in [3.63, 3.8) is 0 Å². The molecule has 0 spiro atoms. The number of esters is 1. The first kappa shape index (κ1) is 19.5. The number of carbonyl (C=O) groups excluding carboxylic acids is 3. The molecule has 1 saturated heterocycles. The van der Waals surface area contributed by atoms with Crippen molar-refractivity contribution in [1.29, 1.82) is 0 Å². The summed E-state index contributed by atoms with van der Waals surface area (Å²) < 4.78 is 10.5. The molecule has 1 aromatic rings. The van der Waals surface area contributed by atoms with E-state index in [2.05, 4.69) is 0 Å². The van der Waals surface area contributed by atoms with E-state index in [1.165, 1.54) is 11.0 Å². The second kappa shape index (κ2) is 9.60. The summed E-state index contributed by atoms with van der Waals surface area (Å²) in [7, 11) is 0. The highest BCUT2D eigenvalue weighted by Crippen LogP contribution is 2.19. The van der Waals surface area contributed by atoms with Crippen molar-refractivity contribution in [2.75, 3.05) is 19.8 Å². The zero-order valence-electron chi connectivity index (χ0n) is 14.8. The average molecular weight is 360 g/mol.